The zero-order valence-corrected chi connectivity index (χ0v) is 9.78. The number of aliphatic carboxylic acids is 1. The van der Waals surface area contributed by atoms with Gasteiger partial charge in [-0.2, -0.15) is 13.1 Å². The first-order chi connectivity index (χ1) is 7.82. The number of nitrogens with one attached hydrogen (secondary N) is 2. The van der Waals surface area contributed by atoms with Crippen LogP contribution in [-0.4, -0.2) is 38.2 Å². The van der Waals surface area contributed by atoms with Crippen LogP contribution in [0, 0.1) is 12.3 Å². The molecule has 9 heteroatoms. The second kappa shape index (κ2) is 6.72. The zero-order chi connectivity index (χ0) is 13.5. The van der Waals surface area contributed by atoms with Gasteiger partial charge in [0.1, 0.15) is 6.04 Å². The molecule has 96 valence electrons. The standard InChI is InChI=1S/C8H12N2O6S/c1-3-5-6(7(11)12)9-17(14,15)10-8(13)16-4-2/h1,6,9H,4-5H2,2H3,(H,10,13)(H,11,12). The Kier molecular flexibility index (Phi) is 6.01. The summed E-state index contributed by atoms with van der Waals surface area (Å²) in [7, 11) is -4.32. The lowest BCUT2D eigenvalue weighted by atomic mass is 10.2. The molecular weight excluding hydrogens is 252 g/mol. The number of ether oxygens (including phenoxy) is 1. The van der Waals surface area contributed by atoms with Gasteiger partial charge in [-0.3, -0.25) is 4.79 Å². The Bertz CT molecular complexity index is 424. The van der Waals surface area contributed by atoms with Crippen LogP contribution in [0.3, 0.4) is 0 Å². The molecule has 0 aromatic heterocycles. The molecule has 1 atom stereocenters. The number of carbonyl (C=O) groups is 2. The van der Waals surface area contributed by atoms with E-state index in [1.807, 2.05) is 5.92 Å². The molecule has 1 unspecified atom stereocenters. The van der Waals surface area contributed by atoms with Crippen LogP contribution >= 0.6 is 0 Å². The summed E-state index contributed by atoms with van der Waals surface area (Å²) in [5.74, 6) is 0.551. The topological polar surface area (TPSA) is 122 Å². The Hall–Kier alpha value is -1.79. The molecule has 17 heavy (non-hydrogen) atoms. The van der Waals surface area contributed by atoms with Crippen molar-refractivity contribution in [1.29, 1.82) is 0 Å². The average Bonchev–Trinajstić information content (AvgIpc) is 2.15. The largest absolute Gasteiger partial charge is 0.480 e. The van der Waals surface area contributed by atoms with E-state index in [1.54, 1.807) is 4.72 Å². The molecule has 0 heterocycles. The predicted octanol–water partition coefficient (Wildman–Crippen LogP) is -0.957. The van der Waals surface area contributed by atoms with E-state index in [4.69, 9.17) is 11.5 Å². The third-order valence-electron chi connectivity index (χ3n) is 1.41. The van der Waals surface area contributed by atoms with Crippen LogP contribution in [0.5, 0.6) is 0 Å². The number of rotatable bonds is 6. The van der Waals surface area contributed by atoms with Crippen molar-refractivity contribution in [3.8, 4) is 12.3 Å². The molecule has 0 aliphatic rings. The van der Waals surface area contributed by atoms with E-state index >= 15 is 0 Å². The first-order valence-corrected chi connectivity index (χ1v) is 5.93. The van der Waals surface area contributed by atoms with E-state index in [0.717, 1.165) is 0 Å². The van der Waals surface area contributed by atoms with Gasteiger partial charge in [0.15, 0.2) is 0 Å². The van der Waals surface area contributed by atoms with Crippen LogP contribution in [-0.2, 0) is 19.7 Å². The van der Waals surface area contributed by atoms with Gasteiger partial charge in [0.2, 0.25) is 0 Å². The molecule has 8 nitrogen and oxygen atoms in total. The van der Waals surface area contributed by atoms with Gasteiger partial charge in [-0.1, -0.05) is 0 Å². The number of carboxylic acid groups (broad SMARTS) is 1. The molecule has 0 aromatic rings. The fourth-order valence-electron chi connectivity index (χ4n) is 0.784. The second-order valence-electron chi connectivity index (χ2n) is 2.74. The SMILES string of the molecule is C#CCC(NS(=O)(=O)NC(=O)OCC)C(=O)O. The van der Waals surface area contributed by atoms with E-state index < -0.39 is 28.3 Å². The van der Waals surface area contributed by atoms with Crippen LogP contribution < -0.4 is 9.44 Å². The summed E-state index contributed by atoms with van der Waals surface area (Å²) in [6.45, 7) is 1.46. The van der Waals surface area contributed by atoms with Crippen molar-refractivity contribution in [1.82, 2.24) is 9.44 Å². The fraction of sp³-hybridized carbons (Fsp3) is 0.500. The Morgan fingerprint density at radius 3 is 2.53 bits per heavy atom. The summed E-state index contributed by atoms with van der Waals surface area (Å²) in [6, 6.07) is -1.51. The lowest BCUT2D eigenvalue weighted by Gasteiger charge is -2.12. The molecule has 3 N–H and O–H groups in total. The quantitative estimate of drug-likeness (QED) is 0.531. The lowest BCUT2D eigenvalue weighted by Crippen LogP contribution is -2.48. The number of amides is 1. The average molecular weight is 264 g/mol. The molecular formula is C8H12N2O6S. The Morgan fingerprint density at radius 1 is 1.53 bits per heavy atom. The van der Waals surface area contributed by atoms with Crippen LogP contribution in [0.1, 0.15) is 13.3 Å². The number of carboxylic acids is 1. The van der Waals surface area contributed by atoms with Crippen LogP contribution in [0.2, 0.25) is 0 Å². The van der Waals surface area contributed by atoms with Crippen molar-refractivity contribution in [2.24, 2.45) is 0 Å². The highest BCUT2D eigenvalue weighted by Gasteiger charge is 2.24. The molecule has 0 aliphatic carbocycles. The molecule has 0 fully saturated rings. The monoisotopic (exact) mass is 264 g/mol. The molecule has 0 aromatic carbocycles. The van der Waals surface area contributed by atoms with Gasteiger partial charge in [0, 0.05) is 6.42 Å². The molecule has 1 amide bonds. The number of hydrogen-bond acceptors (Lipinski definition) is 5. The normalized spacial score (nSPS) is 12.2. The number of hydrogen-bond donors (Lipinski definition) is 3. The number of terminal acetylenes is 1. The molecule has 0 rings (SSSR count). The number of carbonyl (C=O) groups excluding carboxylic acids is 1. The van der Waals surface area contributed by atoms with E-state index in [9.17, 15) is 18.0 Å². The summed E-state index contributed by atoms with van der Waals surface area (Å²) in [5, 5.41) is 8.64. The first-order valence-electron chi connectivity index (χ1n) is 4.45. The van der Waals surface area contributed by atoms with Gasteiger partial charge in [0.25, 0.3) is 0 Å². The maximum Gasteiger partial charge on any atom is 0.421 e. The molecule has 0 radical (unpaired) electrons. The maximum atomic E-state index is 11.3. The third-order valence-corrected chi connectivity index (χ3v) is 2.44. The summed E-state index contributed by atoms with van der Waals surface area (Å²) >= 11 is 0. The maximum absolute atomic E-state index is 11.3. The van der Waals surface area contributed by atoms with E-state index in [0.29, 0.717) is 0 Å². The van der Waals surface area contributed by atoms with E-state index in [1.165, 1.54) is 11.6 Å². The summed E-state index contributed by atoms with van der Waals surface area (Å²) < 4.78 is 30.0. The van der Waals surface area contributed by atoms with Gasteiger partial charge >= 0.3 is 22.3 Å². The van der Waals surface area contributed by atoms with E-state index in [-0.39, 0.29) is 13.0 Å². The van der Waals surface area contributed by atoms with Gasteiger partial charge in [0.05, 0.1) is 6.61 Å². The minimum Gasteiger partial charge on any atom is -0.480 e. The lowest BCUT2D eigenvalue weighted by molar-refractivity contribution is -0.138. The van der Waals surface area contributed by atoms with Crippen molar-refractivity contribution in [3.63, 3.8) is 0 Å². The van der Waals surface area contributed by atoms with Gasteiger partial charge < -0.3 is 9.84 Å². The molecule has 0 bridgehead atoms. The van der Waals surface area contributed by atoms with Crippen molar-refractivity contribution in [2.75, 3.05) is 6.61 Å². The van der Waals surface area contributed by atoms with E-state index in [2.05, 4.69) is 4.74 Å². The molecule has 0 saturated carbocycles. The second-order valence-corrected chi connectivity index (χ2v) is 4.19. The van der Waals surface area contributed by atoms with Gasteiger partial charge in [-0.05, 0) is 6.92 Å². The summed E-state index contributed by atoms with van der Waals surface area (Å²) in [5.41, 5.74) is 0. The van der Waals surface area contributed by atoms with Gasteiger partial charge in [-0.25, -0.2) is 9.52 Å². The highest BCUT2D eigenvalue weighted by molar-refractivity contribution is 7.88. The predicted molar refractivity (Wildman–Crippen MR) is 57.1 cm³/mol. The van der Waals surface area contributed by atoms with Crippen molar-refractivity contribution >= 4 is 22.3 Å². The Balaban J connectivity index is 4.57. The van der Waals surface area contributed by atoms with Crippen molar-refractivity contribution in [2.45, 2.75) is 19.4 Å². The molecule has 0 spiro atoms. The zero-order valence-electron chi connectivity index (χ0n) is 8.97. The Morgan fingerprint density at radius 2 is 2.12 bits per heavy atom. The highest BCUT2D eigenvalue weighted by atomic mass is 32.2. The molecule has 0 aliphatic heterocycles. The first kappa shape index (κ1) is 15.2. The van der Waals surface area contributed by atoms with Gasteiger partial charge in [-0.15, -0.1) is 12.3 Å². The molecule has 0 saturated heterocycles. The smallest absolute Gasteiger partial charge is 0.421 e. The van der Waals surface area contributed by atoms with Crippen molar-refractivity contribution in [3.05, 3.63) is 0 Å². The summed E-state index contributed by atoms with van der Waals surface area (Å²) in [4.78, 5) is 21.4. The van der Waals surface area contributed by atoms with Crippen LogP contribution in [0.4, 0.5) is 4.79 Å². The Labute approximate surface area is 98.5 Å². The minimum atomic E-state index is -4.32. The third kappa shape index (κ3) is 6.39. The minimum absolute atomic E-state index is 0.0198. The van der Waals surface area contributed by atoms with Crippen LogP contribution in [0.25, 0.3) is 0 Å². The van der Waals surface area contributed by atoms with Crippen molar-refractivity contribution < 1.29 is 27.9 Å². The fourth-order valence-corrected chi connectivity index (χ4v) is 1.68. The summed E-state index contributed by atoms with van der Waals surface area (Å²) in [6.07, 6.45) is 3.32. The van der Waals surface area contributed by atoms with Crippen LogP contribution in [0.15, 0.2) is 0 Å². The highest BCUT2D eigenvalue weighted by Crippen LogP contribution is 1.94.